The Morgan fingerprint density at radius 2 is 2.13 bits per heavy atom. The largest absolute Gasteiger partial charge is 0.480 e. The number of benzene rings is 2. The first kappa shape index (κ1) is 27.0. The molecule has 1 atom stereocenters. The molecular formula is C25H25F2N5O5S. The molecule has 1 saturated heterocycles. The van der Waals surface area contributed by atoms with Gasteiger partial charge in [0.25, 0.3) is 0 Å². The summed E-state index contributed by atoms with van der Waals surface area (Å²) in [6.07, 6.45) is 4.23. The Labute approximate surface area is 216 Å². The maximum Gasteiger partial charge on any atom is 0.317 e. The summed E-state index contributed by atoms with van der Waals surface area (Å²) >= 11 is 0. The van der Waals surface area contributed by atoms with Gasteiger partial charge in [-0.2, -0.15) is 10.4 Å². The number of aromatic nitrogens is 3. The second-order valence-corrected chi connectivity index (χ2v) is 11.1. The van der Waals surface area contributed by atoms with Gasteiger partial charge >= 0.3 is 5.97 Å². The van der Waals surface area contributed by atoms with Gasteiger partial charge in [0, 0.05) is 58.1 Å². The first-order chi connectivity index (χ1) is 18.0. The van der Waals surface area contributed by atoms with E-state index in [9.17, 15) is 22.1 Å². The van der Waals surface area contributed by atoms with Crippen LogP contribution in [-0.4, -0.2) is 71.2 Å². The van der Waals surface area contributed by atoms with Crippen LogP contribution in [0.5, 0.6) is 5.75 Å². The molecule has 3 heterocycles. The van der Waals surface area contributed by atoms with Crippen molar-refractivity contribution < 1.29 is 32.2 Å². The molecule has 1 aliphatic heterocycles. The maximum atomic E-state index is 13.0. The van der Waals surface area contributed by atoms with Crippen molar-refractivity contribution in [2.45, 2.75) is 31.0 Å². The molecule has 2 aromatic heterocycles. The number of alkyl halides is 1. The normalized spacial score (nSPS) is 15.8. The monoisotopic (exact) mass is 545 g/mol. The minimum atomic E-state index is -3.48. The fourth-order valence-corrected chi connectivity index (χ4v) is 5.58. The Kier molecular flexibility index (Phi) is 7.66. The SMILES string of the molecule is Cc1cc(S(C)(=O)=O)c(Cn2cc3ccc(C#N)c(OF)c3n2)c2cc[nH]c12.O=C(O)CN1CCC(F)C1. The zero-order chi connectivity index (χ0) is 27.6. The van der Waals surface area contributed by atoms with Crippen LogP contribution in [-0.2, 0) is 21.2 Å². The number of aryl methyl sites for hydroxylation is 1. The van der Waals surface area contributed by atoms with E-state index in [0.717, 1.165) is 22.7 Å². The number of nitrogens with zero attached hydrogens (tertiary/aromatic N) is 4. The minimum Gasteiger partial charge on any atom is -0.480 e. The molecular weight excluding hydrogens is 520 g/mol. The number of aliphatic carboxylic acids is 1. The number of rotatable bonds is 6. The molecule has 2 N–H and O–H groups in total. The van der Waals surface area contributed by atoms with E-state index >= 15 is 0 Å². The van der Waals surface area contributed by atoms with E-state index in [1.54, 1.807) is 29.4 Å². The van der Waals surface area contributed by atoms with Gasteiger partial charge in [0.05, 0.1) is 18.0 Å². The lowest BCUT2D eigenvalue weighted by Gasteiger charge is -2.12. The molecule has 0 saturated carbocycles. The van der Waals surface area contributed by atoms with Gasteiger partial charge in [-0.3, -0.25) is 19.3 Å². The number of carboxylic acid groups (broad SMARTS) is 1. The summed E-state index contributed by atoms with van der Waals surface area (Å²) in [5.74, 6) is -1.13. The Morgan fingerprint density at radius 3 is 2.74 bits per heavy atom. The molecule has 1 fully saturated rings. The highest BCUT2D eigenvalue weighted by molar-refractivity contribution is 7.90. The molecule has 0 amide bonds. The molecule has 0 spiro atoms. The molecule has 10 nitrogen and oxygen atoms in total. The average Bonchev–Trinajstić information content (AvgIpc) is 3.59. The molecule has 38 heavy (non-hydrogen) atoms. The summed E-state index contributed by atoms with van der Waals surface area (Å²) in [5.41, 5.74) is 2.47. The van der Waals surface area contributed by atoms with Crippen molar-refractivity contribution in [2.75, 3.05) is 25.9 Å². The van der Waals surface area contributed by atoms with Crippen molar-refractivity contribution in [3.05, 3.63) is 53.3 Å². The van der Waals surface area contributed by atoms with E-state index in [2.05, 4.69) is 15.0 Å². The van der Waals surface area contributed by atoms with Gasteiger partial charge in [-0.1, -0.05) is 0 Å². The molecule has 4 aromatic rings. The second-order valence-electron chi connectivity index (χ2n) is 9.12. The Balaban J connectivity index is 0.000000283. The molecule has 5 rings (SSSR count). The number of halogens is 2. The third-order valence-electron chi connectivity index (χ3n) is 6.28. The van der Waals surface area contributed by atoms with Gasteiger partial charge in [0.2, 0.25) is 5.75 Å². The molecule has 0 bridgehead atoms. The van der Waals surface area contributed by atoms with Gasteiger partial charge in [-0.15, -0.1) is 0 Å². The number of carbonyl (C=O) groups is 1. The van der Waals surface area contributed by atoms with Crippen LogP contribution in [0, 0.1) is 18.3 Å². The van der Waals surface area contributed by atoms with Crippen LogP contribution >= 0.6 is 0 Å². The van der Waals surface area contributed by atoms with Crippen LogP contribution in [0.1, 0.15) is 23.1 Å². The zero-order valence-electron chi connectivity index (χ0n) is 20.6. The number of nitrogens with one attached hydrogen (secondary N) is 1. The van der Waals surface area contributed by atoms with Crippen molar-refractivity contribution >= 4 is 37.6 Å². The molecule has 200 valence electrons. The highest BCUT2D eigenvalue weighted by Crippen LogP contribution is 2.32. The fourth-order valence-electron chi connectivity index (χ4n) is 4.57. The number of fused-ring (bicyclic) bond motifs is 2. The third kappa shape index (κ3) is 5.61. The topological polar surface area (TPSA) is 141 Å². The van der Waals surface area contributed by atoms with Crippen LogP contribution in [0.15, 0.2) is 41.6 Å². The van der Waals surface area contributed by atoms with Crippen molar-refractivity contribution in [3.63, 3.8) is 0 Å². The molecule has 1 aliphatic rings. The van der Waals surface area contributed by atoms with Crippen LogP contribution in [0.4, 0.5) is 8.92 Å². The van der Waals surface area contributed by atoms with E-state index < -0.39 is 22.0 Å². The molecule has 0 aliphatic carbocycles. The van der Waals surface area contributed by atoms with Crippen LogP contribution in [0.2, 0.25) is 0 Å². The average molecular weight is 546 g/mol. The standard InChI is InChI=1S/C19H15FN4O3S.C6H10FNO2/c1-11-7-16(28(2,25)26)15(14-5-6-22-17(11)14)10-24-9-13-4-3-12(8-21)19(27-20)18(13)23-24;7-5-1-2-8(3-5)4-6(9)10/h3-7,9,22H,10H2,1-2H3;5H,1-4H2,(H,9,10). The quantitative estimate of drug-likeness (QED) is 0.375. The predicted molar refractivity (Wildman–Crippen MR) is 135 cm³/mol. The summed E-state index contributed by atoms with van der Waals surface area (Å²) in [6, 6.07) is 8.39. The number of likely N-dealkylation sites (tertiary alicyclic amines) is 1. The number of carboxylic acids is 1. The smallest absolute Gasteiger partial charge is 0.317 e. The number of hydrogen-bond acceptors (Lipinski definition) is 7. The van der Waals surface area contributed by atoms with E-state index in [-0.39, 0.29) is 41.4 Å². The highest BCUT2D eigenvalue weighted by atomic mass is 32.2. The molecule has 13 heteroatoms. The third-order valence-corrected chi connectivity index (χ3v) is 7.44. The Hall–Kier alpha value is -4.02. The number of hydrogen-bond donors (Lipinski definition) is 2. The summed E-state index contributed by atoms with van der Waals surface area (Å²) in [5, 5.41) is 23.1. The lowest BCUT2D eigenvalue weighted by atomic mass is 10.1. The van der Waals surface area contributed by atoms with E-state index in [4.69, 9.17) is 10.4 Å². The second kappa shape index (κ2) is 10.8. The predicted octanol–water partition coefficient (Wildman–Crippen LogP) is 3.53. The van der Waals surface area contributed by atoms with E-state index in [1.807, 2.05) is 19.1 Å². The van der Waals surface area contributed by atoms with Crippen LogP contribution in [0.25, 0.3) is 21.8 Å². The van der Waals surface area contributed by atoms with Gasteiger partial charge in [0.1, 0.15) is 23.3 Å². The first-order valence-electron chi connectivity index (χ1n) is 11.6. The molecule has 2 aromatic carbocycles. The zero-order valence-corrected chi connectivity index (χ0v) is 21.4. The lowest BCUT2D eigenvalue weighted by molar-refractivity contribution is -0.138. The van der Waals surface area contributed by atoms with E-state index in [1.165, 1.54) is 10.7 Å². The van der Waals surface area contributed by atoms with Crippen molar-refractivity contribution in [2.24, 2.45) is 0 Å². The van der Waals surface area contributed by atoms with Gasteiger partial charge < -0.3 is 10.1 Å². The van der Waals surface area contributed by atoms with Crippen molar-refractivity contribution in [3.8, 4) is 11.8 Å². The Morgan fingerprint density at radius 1 is 1.37 bits per heavy atom. The van der Waals surface area contributed by atoms with Gasteiger partial charge in [-0.25, -0.2) is 12.8 Å². The van der Waals surface area contributed by atoms with Crippen molar-refractivity contribution in [1.82, 2.24) is 19.7 Å². The van der Waals surface area contributed by atoms with Crippen molar-refractivity contribution in [1.29, 1.82) is 5.26 Å². The Bertz CT molecular complexity index is 1660. The van der Waals surface area contributed by atoms with Gasteiger partial charge in [0.15, 0.2) is 9.84 Å². The molecule has 0 radical (unpaired) electrons. The minimum absolute atomic E-state index is 0.0274. The number of H-pyrrole nitrogens is 1. The fraction of sp³-hybridized carbons (Fsp3) is 0.320. The maximum absolute atomic E-state index is 13.0. The summed E-state index contributed by atoms with van der Waals surface area (Å²) < 4.78 is 51.6. The number of sulfone groups is 1. The van der Waals surface area contributed by atoms with E-state index in [0.29, 0.717) is 23.9 Å². The number of nitriles is 1. The van der Waals surface area contributed by atoms with Gasteiger partial charge in [-0.05, 0) is 43.2 Å². The summed E-state index contributed by atoms with van der Waals surface area (Å²) in [4.78, 5) is 18.9. The summed E-state index contributed by atoms with van der Waals surface area (Å²) in [6.45, 7) is 2.83. The summed E-state index contributed by atoms with van der Waals surface area (Å²) in [7, 11) is -3.48. The first-order valence-corrected chi connectivity index (χ1v) is 13.5. The lowest BCUT2D eigenvalue weighted by Crippen LogP contribution is -2.27. The van der Waals surface area contributed by atoms with Crippen LogP contribution in [0.3, 0.4) is 0 Å². The molecule has 1 unspecified atom stereocenters. The number of aromatic amines is 1. The van der Waals surface area contributed by atoms with Crippen LogP contribution < -0.4 is 4.94 Å². The highest BCUT2D eigenvalue weighted by Gasteiger charge is 2.23.